The third-order valence-corrected chi connectivity index (χ3v) is 4.54. The molecule has 0 aliphatic heterocycles. The molecule has 1 N–H and O–H groups in total. The fourth-order valence-corrected chi connectivity index (χ4v) is 2.98. The van der Waals surface area contributed by atoms with Crippen LogP contribution in [0, 0.1) is 10.1 Å². The topological polar surface area (TPSA) is 108 Å². The van der Waals surface area contributed by atoms with Gasteiger partial charge in [-0.1, -0.05) is 42.5 Å². The number of rotatable bonds is 9. The molecule has 0 saturated heterocycles. The average molecular weight is 446 g/mol. The summed E-state index contributed by atoms with van der Waals surface area (Å²) in [5.74, 6) is -0.773. The number of para-hydroxylation sites is 2. The maximum atomic E-state index is 13.0. The maximum Gasteiger partial charge on any atom is 0.331 e. The van der Waals surface area contributed by atoms with Crippen molar-refractivity contribution in [3.63, 3.8) is 0 Å². The molecular formula is C25H22N2O6. The summed E-state index contributed by atoms with van der Waals surface area (Å²) >= 11 is 0. The first-order valence-electron chi connectivity index (χ1n) is 10.2. The van der Waals surface area contributed by atoms with Crippen molar-refractivity contribution in [1.29, 1.82) is 0 Å². The van der Waals surface area contributed by atoms with Crippen molar-refractivity contribution in [2.24, 2.45) is 0 Å². The molecule has 0 aromatic heterocycles. The van der Waals surface area contributed by atoms with Crippen LogP contribution in [-0.2, 0) is 14.3 Å². The van der Waals surface area contributed by atoms with Gasteiger partial charge in [0.1, 0.15) is 5.75 Å². The Bertz CT molecular complexity index is 1140. The third-order valence-electron chi connectivity index (χ3n) is 4.54. The van der Waals surface area contributed by atoms with Gasteiger partial charge in [0.25, 0.3) is 11.6 Å². The van der Waals surface area contributed by atoms with Gasteiger partial charge in [0.2, 0.25) is 6.10 Å². The number of nitrogens with one attached hydrogen (secondary N) is 1. The number of hydrogen-bond donors (Lipinski definition) is 1. The molecule has 0 saturated carbocycles. The maximum absolute atomic E-state index is 13.0. The highest BCUT2D eigenvalue weighted by atomic mass is 16.6. The zero-order valence-corrected chi connectivity index (χ0v) is 17.8. The fourth-order valence-electron chi connectivity index (χ4n) is 2.98. The lowest BCUT2D eigenvalue weighted by Gasteiger charge is -2.18. The molecule has 8 nitrogen and oxygen atoms in total. The van der Waals surface area contributed by atoms with Gasteiger partial charge in [0.05, 0.1) is 17.2 Å². The number of ether oxygens (including phenoxy) is 2. The minimum absolute atomic E-state index is 0.0529. The number of nitrogens with zero attached hydrogens (tertiary/aromatic N) is 1. The number of non-ortho nitro benzene ring substituents is 1. The minimum Gasteiger partial charge on any atom is -0.492 e. The number of carbonyl (C=O) groups is 2. The molecule has 1 amide bonds. The lowest BCUT2D eigenvalue weighted by atomic mass is 10.1. The van der Waals surface area contributed by atoms with E-state index >= 15 is 0 Å². The van der Waals surface area contributed by atoms with E-state index in [2.05, 4.69) is 5.32 Å². The van der Waals surface area contributed by atoms with Gasteiger partial charge in [0.15, 0.2) is 0 Å². The molecular weight excluding hydrogens is 424 g/mol. The molecule has 3 rings (SSSR count). The van der Waals surface area contributed by atoms with Crippen molar-refractivity contribution < 1.29 is 24.0 Å². The Kier molecular flexibility index (Phi) is 7.91. The SMILES string of the molecule is CCOc1ccccc1NC(=O)C(OC(=O)/C=C/c1ccc([N+](=O)[O-])cc1)c1ccccc1. The number of nitro groups is 1. The van der Waals surface area contributed by atoms with Crippen LogP contribution >= 0.6 is 0 Å². The molecule has 0 heterocycles. The monoisotopic (exact) mass is 446 g/mol. The number of nitro benzene ring substituents is 1. The van der Waals surface area contributed by atoms with Gasteiger partial charge in [-0.05, 0) is 42.8 Å². The van der Waals surface area contributed by atoms with Crippen molar-refractivity contribution in [3.8, 4) is 5.75 Å². The first kappa shape index (κ1) is 23.2. The van der Waals surface area contributed by atoms with E-state index in [1.807, 2.05) is 6.92 Å². The molecule has 8 heteroatoms. The van der Waals surface area contributed by atoms with Crippen LogP contribution < -0.4 is 10.1 Å². The van der Waals surface area contributed by atoms with Gasteiger partial charge in [0, 0.05) is 23.8 Å². The van der Waals surface area contributed by atoms with E-state index in [4.69, 9.17) is 9.47 Å². The van der Waals surface area contributed by atoms with Crippen LogP contribution in [0.2, 0.25) is 0 Å². The summed E-state index contributed by atoms with van der Waals surface area (Å²) in [6, 6.07) is 21.3. The second-order valence-corrected chi connectivity index (χ2v) is 6.83. The average Bonchev–Trinajstić information content (AvgIpc) is 2.83. The molecule has 0 bridgehead atoms. The summed E-state index contributed by atoms with van der Waals surface area (Å²) in [6.45, 7) is 2.27. The Balaban J connectivity index is 1.76. The quantitative estimate of drug-likeness (QED) is 0.216. The highest BCUT2D eigenvalue weighted by Crippen LogP contribution is 2.27. The zero-order chi connectivity index (χ0) is 23.6. The number of carbonyl (C=O) groups excluding carboxylic acids is 2. The van der Waals surface area contributed by atoms with Crippen molar-refractivity contribution in [3.05, 3.63) is 106 Å². The van der Waals surface area contributed by atoms with Gasteiger partial charge >= 0.3 is 5.97 Å². The van der Waals surface area contributed by atoms with E-state index in [1.165, 1.54) is 36.4 Å². The van der Waals surface area contributed by atoms with Crippen LogP contribution in [0.3, 0.4) is 0 Å². The van der Waals surface area contributed by atoms with E-state index in [0.717, 1.165) is 0 Å². The number of amides is 1. The second kappa shape index (κ2) is 11.2. The van der Waals surface area contributed by atoms with E-state index in [1.54, 1.807) is 54.6 Å². The summed E-state index contributed by atoms with van der Waals surface area (Å²) < 4.78 is 11.0. The predicted molar refractivity (Wildman–Crippen MR) is 124 cm³/mol. The lowest BCUT2D eigenvalue weighted by molar-refractivity contribution is -0.384. The number of esters is 1. The van der Waals surface area contributed by atoms with Gasteiger partial charge < -0.3 is 14.8 Å². The highest BCUT2D eigenvalue weighted by molar-refractivity contribution is 5.98. The zero-order valence-electron chi connectivity index (χ0n) is 17.8. The summed E-state index contributed by atoms with van der Waals surface area (Å²) in [4.78, 5) is 35.8. The first-order chi connectivity index (χ1) is 16.0. The largest absolute Gasteiger partial charge is 0.492 e. The van der Waals surface area contributed by atoms with Crippen LogP contribution in [0.4, 0.5) is 11.4 Å². The van der Waals surface area contributed by atoms with E-state index in [9.17, 15) is 19.7 Å². The smallest absolute Gasteiger partial charge is 0.331 e. The molecule has 168 valence electrons. The molecule has 3 aromatic rings. The molecule has 1 atom stereocenters. The Hall–Kier alpha value is -4.46. The van der Waals surface area contributed by atoms with Crippen LogP contribution in [0.15, 0.2) is 84.9 Å². The third kappa shape index (κ3) is 6.51. The molecule has 1 unspecified atom stereocenters. The molecule has 33 heavy (non-hydrogen) atoms. The number of benzene rings is 3. The molecule has 0 spiro atoms. The molecule has 0 aliphatic carbocycles. The van der Waals surface area contributed by atoms with E-state index < -0.39 is 22.9 Å². The molecule has 0 radical (unpaired) electrons. The molecule has 3 aromatic carbocycles. The Morgan fingerprint density at radius 2 is 1.67 bits per heavy atom. The Morgan fingerprint density at radius 3 is 2.33 bits per heavy atom. The van der Waals surface area contributed by atoms with E-state index in [0.29, 0.717) is 29.2 Å². The van der Waals surface area contributed by atoms with Gasteiger partial charge in [-0.3, -0.25) is 14.9 Å². The Labute approximate surface area is 190 Å². The molecule has 0 fully saturated rings. The van der Waals surface area contributed by atoms with Gasteiger partial charge in [-0.25, -0.2) is 4.79 Å². The predicted octanol–water partition coefficient (Wildman–Crippen LogP) is 4.93. The van der Waals surface area contributed by atoms with Gasteiger partial charge in [-0.2, -0.15) is 0 Å². The second-order valence-electron chi connectivity index (χ2n) is 6.83. The lowest BCUT2D eigenvalue weighted by Crippen LogP contribution is -2.25. The fraction of sp³-hybridized carbons (Fsp3) is 0.120. The van der Waals surface area contributed by atoms with Crippen molar-refractivity contribution >= 4 is 29.3 Å². The first-order valence-corrected chi connectivity index (χ1v) is 10.2. The molecule has 0 aliphatic rings. The summed E-state index contributed by atoms with van der Waals surface area (Å²) in [5, 5.41) is 13.5. The number of anilines is 1. The van der Waals surface area contributed by atoms with Crippen LogP contribution in [0.25, 0.3) is 6.08 Å². The summed E-state index contributed by atoms with van der Waals surface area (Å²) in [6.07, 6.45) is 1.42. The van der Waals surface area contributed by atoms with E-state index in [-0.39, 0.29) is 5.69 Å². The summed E-state index contributed by atoms with van der Waals surface area (Å²) in [5.41, 5.74) is 1.48. The standard InChI is InChI=1S/C25H22N2O6/c1-2-32-22-11-7-6-10-21(22)26-25(29)24(19-8-4-3-5-9-19)33-23(28)17-14-18-12-15-20(16-13-18)27(30)31/h3-17,24H,2H2,1H3,(H,26,29)/b17-14+. The normalized spacial score (nSPS) is 11.5. The van der Waals surface area contributed by atoms with Crippen molar-refractivity contribution in [2.75, 3.05) is 11.9 Å². The Morgan fingerprint density at radius 1 is 1.00 bits per heavy atom. The van der Waals surface area contributed by atoms with Crippen molar-refractivity contribution in [2.45, 2.75) is 13.0 Å². The highest BCUT2D eigenvalue weighted by Gasteiger charge is 2.25. The van der Waals surface area contributed by atoms with Crippen LogP contribution in [0.1, 0.15) is 24.2 Å². The van der Waals surface area contributed by atoms with Crippen molar-refractivity contribution in [1.82, 2.24) is 0 Å². The number of hydrogen-bond acceptors (Lipinski definition) is 6. The van der Waals surface area contributed by atoms with Crippen LogP contribution in [-0.4, -0.2) is 23.4 Å². The minimum atomic E-state index is -1.20. The summed E-state index contributed by atoms with van der Waals surface area (Å²) in [7, 11) is 0. The van der Waals surface area contributed by atoms with Crippen LogP contribution in [0.5, 0.6) is 5.75 Å². The van der Waals surface area contributed by atoms with Gasteiger partial charge in [-0.15, -0.1) is 0 Å².